The van der Waals surface area contributed by atoms with Gasteiger partial charge < -0.3 is 38.6 Å². The first kappa shape index (κ1) is 63.7. The minimum Gasteiger partial charge on any atom is -0.489 e. The number of hydrazine groups is 2. The summed E-state index contributed by atoms with van der Waals surface area (Å²) in [6.07, 6.45) is 7.19. The van der Waals surface area contributed by atoms with E-state index in [4.69, 9.17) is 43.6 Å². The SMILES string of the molecule is CCOC(=O)[C@@]1(Cc2ccc(OCC3=CN(c4ccccc4)NN3)cc2)C[C@@H]1C(=O)NO.CCOC(=O)[C@@]1(Cc2ccc(OCc3ccccc3)cc2)C[C@@H]1C(=O)OC(C)(C)C.COC(=O)[C@]1(c2cccc(OCc3cccnc3)c2)C[C@H]1C(=O)NO. The van der Waals surface area contributed by atoms with Crippen LogP contribution in [0, 0.1) is 28.6 Å². The fourth-order valence-electron chi connectivity index (χ4n) is 10.5. The number of rotatable bonds is 23. The highest BCUT2D eigenvalue weighted by Gasteiger charge is 2.67. The molecule has 0 spiro atoms. The van der Waals surface area contributed by atoms with E-state index in [9.17, 15) is 28.8 Å². The molecule has 3 fully saturated rings. The van der Waals surface area contributed by atoms with E-state index in [1.165, 1.54) is 7.11 Å². The van der Waals surface area contributed by atoms with Crippen LogP contribution in [0.5, 0.6) is 17.2 Å². The summed E-state index contributed by atoms with van der Waals surface area (Å²) in [6.45, 7) is 10.7. The van der Waals surface area contributed by atoms with Gasteiger partial charge in [-0.2, -0.15) is 0 Å². The molecule has 10 rings (SSSR count). The van der Waals surface area contributed by atoms with Gasteiger partial charge in [0.05, 0.1) is 60.3 Å². The smallest absolute Gasteiger partial charge is 0.317 e. The Morgan fingerprint density at radius 2 is 1.14 bits per heavy atom. The van der Waals surface area contributed by atoms with Gasteiger partial charge in [0, 0.05) is 24.2 Å². The zero-order valence-electron chi connectivity index (χ0n) is 49.5. The van der Waals surface area contributed by atoms with Crippen molar-refractivity contribution in [1.82, 2.24) is 26.9 Å². The van der Waals surface area contributed by atoms with E-state index in [0.717, 1.165) is 39.4 Å². The van der Waals surface area contributed by atoms with Gasteiger partial charge in [-0.05, 0) is 144 Å². The Bertz CT molecular complexity index is 3350. The molecule has 2 heterocycles. The van der Waals surface area contributed by atoms with Crippen LogP contribution in [0.1, 0.15) is 81.7 Å². The van der Waals surface area contributed by atoms with Crippen molar-refractivity contribution in [3.05, 3.63) is 198 Å². The number of para-hydroxylation sites is 1. The van der Waals surface area contributed by atoms with Gasteiger partial charge in [-0.25, -0.2) is 11.0 Å². The second-order valence-electron chi connectivity index (χ2n) is 22.5. The molecule has 2 amide bonds. The lowest BCUT2D eigenvalue weighted by Crippen LogP contribution is -2.36. The number of hydrogen-bond acceptors (Lipinski definition) is 19. The van der Waals surface area contributed by atoms with Crippen LogP contribution < -0.4 is 41.1 Å². The Kier molecular flexibility index (Phi) is 21.0. The van der Waals surface area contributed by atoms with Crippen LogP contribution in [0.3, 0.4) is 0 Å². The highest BCUT2D eigenvalue weighted by molar-refractivity contribution is 5.98. The zero-order chi connectivity index (χ0) is 62.2. The van der Waals surface area contributed by atoms with Crippen LogP contribution in [0.2, 0.25) is 0 Å². The van der Waals surface area contributed by atoms with Crippen LogP contribution in [0.4, 0.5) is 5.69 Å². The van der Waals surface area contributed by atoms with Crippen molar-refractivity contribution in [1.29, 1.82) is 0 Å². The molecule has 458 valence electrons. The average molecular weight is 1190 g/mol. The first-order valence-electron chi connectivity index (χ1n) is 28.6. The van der Waals surface area contributed by atoms with E-state index in [1.54, 1.807) is 61.5 Å². The molecule has 3 saturated carbocycles. The third-order valence-corrected chi connectivity index (χ3v) is 15.2. The first-order valence-corrected chi connectivity index (χ1v) is 28.6. The Morgan fingerprint density at radius 3 is 1.70 bits per heavy atom. The van der Waals surface area contributed by atoms with Crippen LogP contribution in [0.25, 0.3) is 0 Å². The van der Waals surface area contributed by atoms with Gasteiger partial charge in [-0.1, -0.05) is 91.0 Å². The second-order valence-corrected chi connectivity index (χ2v) is 22.5. The summed E-state index contributed by atoms with van der Waals surface area (Å²) < 4.78 is 38.3. The number of hydrogen-bond donors (Lipinski definition) is 6. The van der Waals surface area contributed by atoms with Crippen LogP contribution >= 0.6 is 0 Å². The molecule has 1 aromatic heterocycles. The van der Waals surface area contributed by atoms with Crippen molar-refractivity contribution in [3.63, 3.8) is 0 Å². The predicted octanol–water partition coefficient (Wildman–Crippen LogP) is 8.37. The van der Waals surface area contributed by atoms with E-state index in [-0.39, 0.29) is 31.6 Å². The number of carbonyl (C=O) groups excluding carboxylic acids is 6. The fraction of sp³-hybridized carbons (Fsp3) is 0.348. The molecule has 1 aliphatic heterocycles. The number of nitrogens with zero attached hydrogens (tertiary/aromatic N) is 2. The molecule has 0 radical (unpaired) electrons. The van der Waals surface area contributed by atoms with E-state index in [1.807, 2.05) is 153 Å². The van der Waals surface area contributed by atoms with Crippen molar-refractivity contribution in [3.8, 4) is 17.2 Å². The molecule has 87 heavy (non-hydrogen) atoms. The third-order valence-electron chi connectivity index (χ3n) is 15.2. The van der Waals surface area contributed by atoms with Gasteiger partial charge >= 0.3 is 23.9 Å². The number of carbonyl (C=O) groups is 6. The normalized spacial score (nSPS) is 21.0. The molecule has 0 saturated heterocycles. The Balaban J connectivity index is 0.000000171. The Morgan fingerprint density at radius 1 is 0.598 bits per heavy atom. The summed E-state index contributed by atoms with van der Waals surface area (Å²) in [7, 11) is 1.28. The Labute approximate surface area is 505 Å². The number of anilines is 1. The molecule has 21 nitrogen and oxygen atoms in total. The predicted molar refractivity (Wildman–Crippen MR) is 317 cm³/mol. The summed E-state index contributed by atoms with van der Waals surface area (Å²) in [6, 6.07) is 45.6. The summed E-state index contributed by atoms with van der Waals surface area (Å²) in [5.74, 6) is -2.48. The van der Waals surface area contributed by atoms with E-state index in [0.29, 0.717) is 62.6 Å². The number of amides is 2. The second kappa shape index (κ2) is 28.7. The lowest BCUT2D eigenvalue weighted by atomic mass is 9.92. The van der Waals surface area contributed by atoms with Crippen molar-refractivity contribution in [2.45, 2.75) is 91.0 Å². The van der Waals surface area contributed by atoms with Crippen molar-refractivity contribution < 1.29 is 72.3 Å². The van der Waals surface area contributed by atoms with Crippen LogP contribution in [0.15, 0.2) is 170 Å². The maximum Gasteiger partial charge on any atom is 0.317 e. The summed E-state index contributed by atoms with van der Waals surface area (Å²) in [4.78, 5) is 77.7. The van der Waals surface area contributed by atoms with Crippen molar-refractivity contribution >= 4 is 41.4 Å². The molecule has 0 unspecified atom stereocenters. The molecular weight excluding hydrogens is 1120 g/mol. The summed E-state index contributed by atoms with van der Waals surface area (Å²) in [5, 5.41) is 19.7. The van der Waals surface area contributed by atoms with E-state index in [2.05, 4.69) is 15.9 Å². The lowest BCUT2D eigenvalue weighted by molar-refractivity contribution is -0.162. The van der Waals surface area contributed by atoms with Gasteiger partial charge in [-0.3, -0.25) is 49.2 Å². The Hall–Kier alpha value is -9.31. The average Bonchev–Trinajstić information content (AvgIpc) is 1.60. The lowest BCUT2D eigenvalue weighted by Gasteiger charge is -2.21. The van der Waals surface area contributed by atoms with E-state index >= 15 is 0 Å². The molecule has 4 aliphatic rings. The minimum atomic E-state index is -1.09. The number of nitrogens with one attached hydrogen (secondary N) is 4. The standard InChI is InChI=1S/C25H30O5.C23H26N4O5.C18H18N2O5/c1-5-28-23(27)25(16-21(25)22(26)30-24(2,3)4)15-18-11-13-20(14-12-18)29-17-19-9-7-6-8-10-19;1-2-31-22(29)23(13-20(23)21(28)25-30)12-16-8-10-19(11-9-16)32-15-17-14-27(26-24-17)18-6-4-3-5-7-18;1-24-17(22)18(9-15(18)16(21)20-23)13-5-2-6-14(8-13)25-11-12-4-3-7-19-10-12/h6-14,21H,5,15-17H2,1-4H3;3-11,14,20,24,26,30H,2,12-13,15H2,1H3,(H,25,28);2-8,10,15,23H,9,11H2,1H3,(H,20,21)/t21-,25+;20-,23+;15-,18-/m110/s1. The minimum absolute atomic E-state index is 0.237. The number of aromatic nitrogens is 1. The fourth-order valence-corrected chi connectivity index (χ4v) is 10.5. The van der Waals surface area contributed by atoms with Crippen molar-refractivity contribution in [2.24, 2.45) is 28.6 Å². The number of methoxy groups -OCH3 is 1. The number of hydroxylamine groups is 2. The first-order chi connectivity index (χ1) is 41.9. The van der Waals surface area contributed by atoms with Gasteiger partial charge in [0.2, 0.25) is 11.8 Å². The highest BCUT2D eigenvalue weighted by Crippen LogP contribution is 2.58. The molecule has 6 N–H and O–H groups in total. The molecule has 5 aromatic carbocycles. The van der Waals surface area contributed by atoms with Crippen LogP contribution in [-0.4, -0.2) is 83.6 Å². The van der Waals surface area contributed by atoms with Gasteiger partial charge in [0.1, 0.15) is 48.1 Å². The van der Waals surface area contributed by atoms with Gasteiger partial charge in [0.15, 0.2) is 0 Å². The molecule has 0 bridgehead atoms. The zero-order valence-corrected chi connectivity index (χ0v) is 49.5. The molecule has 3 aliphatic carbocycles. The van der Waals surface area contributed by atoms with E-state index < -0.39 is 63.4 Å². The molecule has 6 atom stereocenters. The number of ether oxygens (including phenoxy) is 7. The highest BCUT2D eigenvalue weighted by atomic mass is 16.6. The van der Waals surface area contributed by atoms with Gasteiger partial charge in [0.25, 0.3) is 0 Å². The monoisotopic (exact) mass is 1190 g/mol. The third kappa shape index (κ3) is 16.2. The topological polar surface area (TPSA) is 272 Å². The quantitative estimate of drug-likeness (QED) is 0.0152. The van der Waals surface area contributed by atoms with Crippen molar-refractivity contribution in [2.75, 3.05) is 31.9 Å². The van der Waals surface area contributed by atoms with Crippen LogP contribution in [-0.2, 0) is 79.2 Å². The molecule has 6 aromatic rings. The molecule has 21 heteroatoms. The van der Waals surface area contributed by atoms with Gasteiger partial charge in [-0.15, -0.1) is 5.53 Å². The molecular formula is C66H74N6O15. The number of benzene rings is 5. The number of pyridine rings is 1. The maximum atomic E-state index is 12.7. The summed E-state index contributed by atoms with van der Waals surface area (Å²) >= 11 is 0. The largest absolute Gasteiger partial charge is 0.489 e. The number of esters is 4. The maximum absolute atomic E-state index is 12.7. The summed E-state index contributed by atoms with van der Waals surface area (Å²) in [5.41, 5.74) is 12.3.